The monoisotopic (exact) mass is 587 g/mol. The molecule has 4 N–H and O–H groups in total. The zero-order chi connectivity index (χ0) is 30.8. The van der Waals surface area contributed by atoms with Crippen LogP contribution < -0.4 is 21.9 Å². The second-order valence-corrected chi connectivity index (χ2v) is 10.7. The Bertz CT molecular complexity index is 2050. The van der Waals surface area contributed by atoms with Crippen molar-refractivity contribution in [2.45, 2.75) is 32.2 Å². The Kier molecular flexibility index (Phi) is 7.64. The van der Waals surface area contributed by atoms with E-state index in [-0.39, 0.29) is 47.5 Å². The van der Waals surface area contributed by atoms with Crippen LogP contribution in [0.4, 0.5) is 5.82 Å². The maximum Gasteiger partial charge on any atom is 0.264 e. The molecular formula is C33H29N7O4. The minimum absolute atomic E-state index is 0.0449. The molecule has 0 spiro atoms. The third-order valence-corrected chi connectivity index (χ3v) is 7.72. The van der Waals surface area contributed by atoms with E-state index < -0.39 is 11.9 Å². The highest BCUT2D eigenvalue weighted by Gasteiger charge is 2.28. The number of amides is 2. The van der Waals surface area contributed by atoms with Crippen molar-refractivity contribution in [1.82, 2.24) is 29.8 Å². The summed E-state index contributed by atoms with van der Waals surface area (Å²) in [6.45, 7) is 1.88. The van der Waals surface area contributed by atoms with E-state index in [1.165, 1.54) is 4.52 Å². The molecule has 1 fully saturated rings. The first-order valence-corrected chi connectivity index (χ1v) is 14.2. The lowest BCUT2D eigenvalue weighted by molar-refractivity contribution is -0.126. The second-order valence-electron chi connectivity index (χ2n) is 10.7. The molecule has 0 radical (unpaired) electrons. The van der Waals surface area contributed by atoms with Crippen LogP contribution in [0.3, 0.4) is 0 Å². The van der Waals surface area contributed by atoms with Crippen LogP contribution in [0, 0.1) is 17.8 Å². The van der Waals surface area contributed by atoms with Crippen molar-refractivity contribution in [2.75, 3.05) is 12.3 Å². The predicted molar refractivity (Wildman–Crippen MR) is 165 cm³/mol. The first kappa shape index (κ1) is 28.4. The van der Waals surface area contributed by atoms with E-state index in [9.17, 15) is 19.2 Å². The van der Waals surface area contributed by atoms with Crippen LogP contribution in [-0.2, 0) is 9.59 Å². The van der Waals surface area contributed by atoms with Gasteiger partial charge in [-0.25, -0.2) is 9.50 Å². The number of hydrogen-bond acceptors (Lipinski definition) is 7. The molecule has 6 rings (SSSR count). The molecule has 3 aromatic heterocycles. The number of anilines is 1. The van der Waals surface area contributed by atoms with Gasteiger partial charge in [0.25, 0.3) is 11.5 Å². The molecule has 1 aliphatic carbocycles. The number of nitrogens with one attached hydrogen (secondary N) is 2. The van der Waals surface area contributed by atoms with Gasteiger partial charge in [-0.15, -0.1) is 5.10 Å². The number of carbonyl (C=O) groups is 3. The van der Waals surface area contributed by atoms with E-state index in [0.29, 0.717) is 46.2 Å². The summed E-state index contributed by atoms with van der Waals surface area (Å²) < 4.78 is 3.00. The van der Waals surface area contributed by atoms with Crippen molar-refractivity contribution in [3.8, 4) is 17.5 Å². The number of hydrogen-bond donors (Lipinski definition) is 3. The fourth-order valence-corrected chi connectivity index (χ4v) is 5.57. The minimum atomic E-state index is -0.620. The zero-order valence-electron chi connectivity index (χ0n) is 23.9. The van der Waals surface area contributed by atoms with Gasteiger partial charge in [-0.2, -0.15) is 0 Å². The fraction of sp³-hybridized carbons (Fsp3) is 0.212. The molecule has 3 heterocycles. The van der Waals surface area contributed by atoms with Gasteiger partial charge < -0.3 is 16.4 Å². The number of benzene rings is 2. The standard InChI is InChI=1S/C33H29N7O4/c1-20(37-32(43)28-29(34)38-39-17-7-16-35-30(28)39)26-19-22-9-5-8-21(10-6-15-36-31(42)23-13-14-25(41)18-23)27(22)33(44)40(26)24-11-3-2-4-12-24/h2-5,7-9,11-12,16-17,19-20,23H,13-15,18H2,1H3,(H2,34,38)(H,36,42)(H,37,43)/t20-,23?/m0/s1. The van der Waals surface area contributed by atoms with Gasteiger partial charge in [0, 0.05) is 48.1 Å². The Balaban J connectivity index is 1.35. The van der Waals surface area contributed by atoms with Crippen molar-refractivity contribution < 1.29 is 14.4 Å². The Labute approximate surface area is 252 Å². The van der Waals surface area contributed by atoms with Crippen LogP contribution >= 0.6 is 0 Å². The summed E-state index contributed by atoms with van der Waals surface area (Å²) >= 11 is 0. The van der Waals surface area contributed by atoms with Crippen molar-refractivity contribution >= 4 is 39.8 Å². The molecule has 2 atom stereocenters. The molecule has 11 heteroatoms. The van der Waals surface area contributed by atoms with Crippen molar-refractivity contribution in [3.63, 3.8) is 0 Å². The van der Waals surface area contributed by atoms with Gasteiger partial charge >= 0.3 is 0 Å². The Morgan fingerprint density at radius 1 is 1.11 bits per heavy atom. The lowest BCUT2D eigenvalue weighted by Gasteiger charge is -2.21. The molecule has 2 aromatic carbocycles. The Hall–Kier alpha value is -5.76. The molecule has 11 nitrogen and oxygen atoms in total. The summed E-state index contributed by atoms with van der Waals surface area (Å²) in [5, 5.41) is 11.0. The van der Waals surface area contributed by atoms with Crippen LogP contribution in [0.5, 0.6) is 0 Å². The summed E-state index contributed by atoms with van der Waals surface area (Å²) in [5.41, 5.74) is 7.92. The molecule has 44 heavy (non-hydrogen) atoms. The van der Waals surface area contributed by atoms with E-state index in [2.05, 4.69) is 32.6 Å². The smallest absolute Gasteiger partial charge is 0.264 e. The number of rotatable bonds is 6. The Morgan fingerprint density at radius 2 is 1.93 bits per heavy atom. The van der Waals surface area contributed by atoms with E-state index in [0.717, 1.165) is 0 Å². The molecule has 1 aliphatic rings. The van der Waals surface area contributed by atoms with Crippen molar-refractivity contribution in [2.24, 2.45) is 5.92 Å². The van der Waals surface area contributed by atoms with Crippen LogP contribution in [0.2, 0.25) is 0 Å². The van der Waals surface area contributed by atoms with Gasteiger partial charge in [-0.1, -0.05) is 42.2 Å². The lowest BCUT2D eigenvalue weighted by Crippen LogP contribution is -2.32. The molecule has 2 amide bonds. The van der Waals surface area contributed by atoms with Gasteiger partial charge in [0.15, 0.2) is 11.5 Å². The van der Waals surface area contributed by atoms with Crippen LogP contribution in [0.15, 0.2) is 77.9 Å². The molecule has 0 aliphatic heterocycles. The van der Waals surface area contributed by atoms with Gasteiger partial charge in [-0.05, 0) is 49.1 Å². The molecule has 1 saturated carbocycles. The summed E-state index contributed by atoms with van der Waals surface area (Å²) in [6, 6.07) is 17.5. The highest BCUT2D eigenvalue weighted by atomic mass is 16.2. The zero-order valence-corrected chi connectivity index (χ0v) is 23.9. The summed E-state index contributed by atoms with van der Waals surface area (Å²) in [7, 11) is 0. The highest BCUT2D eigenvalue weighted by molar-refractivity contribution is 6.04. The van der Waals surface area contributed by atoms with Crippen LogP contribution in [0.25, 0.3) is 22.1 Å². The number of fused-ring (bicyclic) bond motifs is 2. The normalized spacial score (nSPS) is 15.1. The van der Waals surface area contributed by atoms with Crippen molar-refractivity contribution in [1.29, 1.82) is 0 Å². The van der Waals surface area contributed by atoms with E-state index in [1.54, 1.807) is 42.1 Å². The maximum absolute atomic E-state index is 14.2. The molecule has 5 aromatic rings. The fourth-order valence-electron chi connectivity index (χ4n) is 5.57. The lowest BCUT2D eigenvalue weighted by atomic mass is 10.0. The topological polar surface area (TPSA) is 153 Å². The predicted octanol–water partition coefficient (Wildman–Crippen LogP) is 2.94. The number of Topliss-reactive ketones (excluding diaryl/α,β-unsaturated/α-hetero) is 1. The summed E-state index contributed by atoms with van der Waals surface area (Å²) in [4.78, 5) is 55.8. The van der Waals surface area contributed by atoms with E-state index >= 15 is 0 Å². The Morgan fingerprint density at radius 3 is 2.70 bits per heavy atom. The van der Waals surface area contributed by atoms with Crippen LogP contribution in [-0.4, -0.2) is 43.3 Å². The van der Waals surface area contributed by atoms with Gasteiger partial charge in [0.2, 0.25) is 5.91 Å². The number of para-hydroxylation sites is 1. The number of carbonyl (C=O) groups excluding carboxylic acids is 3. The SMILES string of the molecule is C[C@H](NC(=O)c1c(N)nn2cccnc12)c1cc2cccc(C#CCNC(=O)C3CCC(=O)C3)c2c(=O)n1-c1ccccc1. The average Bonchev–Trinajstić information content (AvgIpc) is 3.61. The molecule has 0 saturated heterocycles. The largest absolute Gasteiger partial charge is 0.381 e. The number of nitrogen functional groups attached to an aromatic ring is 1. The quantitative estimate of drug-likeness (QED) is 0.258. The van der Waals surface area contributed by atoms with E-state index in [1.807, 2.05) is 42.5 Å². The second kappa shape index (κ2) is 11.9. The highest BCUT2D eigenvalue weighted by Crippen LogP contribution is 2.25. The number of ketones is 1. The minimum Gasteiger partial charge on any atom is -0.381 e. The number of nitrogens with zero attached hydrogens (tertiary/aromatic N) is 4. The maximum atomic E-state index is 14.2. The van der Waals surface area contributed by atoms with Gasteiger partial charge in [0.1, 0.15) is 11.3 Å². The molecule has 220 valence electrons. The molecule has 0 bridgehead atoms. The summed E-state index contributed by atoms with van der Waals surface area (Å²) in [6.07, 6.45) is 4.47. The average molecular weight is 588 g/mol. The molecular weight excluding hydrogens is 558 g/mol. The number of aromatic nitrogens is 4. The third kappa shape index (κ3) is 5.41. The first-order valence-electron chi connectivity index (χ1n) is 14.2. The van der Waals surface area contributed by atoms with Gasteiger partial charge in [-0.3, -0.25) is 23.7 Å². The number of pyridine rings is 1. The van der Waals surface area contributed by atoms with Crippen molar-refractivity contribution in [3.05, 3.63) is 100 Å². The number of nitrogens with two attached hydrogens (primary N) is 1. The van der Waals surface area contributed by atoms with Crippen LogP contribution in [0.1, 0.15) is 53.8 Å². The van der Waals surface area contributed by atoms with E-state index in [4.69, 9.17) is 5.73 Å². The third-order valence-electron chi connectivity index (χ3n) is 7.72. The molecule has 1 unspecified atom stereocenters. The summed E-state index contributed by atoms with van der Waals surface area (Å²) in [5.74, 6) is 5.17. The van der Waals surface area contributed by atoms with Gasteiger partial charge in [0.05, 0.1) is 18.0 Å². The first-order chi connectivity index (χ1) is 21.3.